The number of nitrogens with zero attached hydrogens (tertiary/aromatic N) is 2. The summed E-state index contributed by atoms with van der Waals surface area (Å²) in [6.07, 6.45) is 1.83. The molecule has 0 aliphatic rings. The van der Waals surface area contributed by atoms with Crippen molar-refractivity contribution in [2.24, 2.45) is 7.05 Å². The standard InChI is InChI=1S/C15H16N4O/c1-10(11-6-4-3-5-7-11)16-15-17-13-12(14(20)18-15)8-9-19(13)2/h3-10H,1-2H3,(H2,16,17,18,20). The summed E-state index contributed by atoms with van der Waals surface area (Å²) in [6, 6.07) is 11.9. The lowest BCUT2D eigenvalue weighted by molar-refractivity contribution is 0.856. The molecule has 2 N–H and O–H groups in total. The summed E-state index contributed by atoms with van der Waals surface area (Å²) >= 11 is 0. The quantitative estimate of drug-likeness (QED) is 0.767. The second kappa shape index (κ2) is 4.85. The van der Waals surface area contributed by atoms with Gasteiger partial charge in [0.15, 0.2) is 0 Å². The number of benzene rings is 1. The summed E-state index contributed by atoms with van der Waals surface area (Å²) in [5.41, 5.74) is 1.69. The Hall–Kier alpha value is -2.56. The van der Waals surface area contributed by atoms with E-state index in [0.717, 1.165) is 5.56 Å². The molecule has 2 aromatic heterocycles. The number of rotatable bonds is 3. The number of hydrogen-bond acceptors (Lipinski definition) is 3. The summed E-state index contributed by atoms with van der Waals surface area (Å²) in [6.45, 7) is 2.03. The normalized spacial score (nSPS) is 12.5. The van der Waals surface area contributed by atoms with Gasteiger partial charge < -0.3 is 9.88 Å². The number of hydrogen-bond donors (Lipinski definition) is 2. The molecule has 5 nitrogen and oxygen atoms in total. The molecule has 1 atom stereocenters. The molecule has 102 valence electrons. The molecule has 1 unspecified atom stereocenters. The average molecular weight is 268 g/mol. The van der Waals surface area contributed by atoms with Gasteiger partial charge >= 0.3 is 0 Å². The number of H-pyrrole nitrogens is 1. The van der Waals surface area contributed by atoms with Gasteiger partial charge in [-0.25, -0.2) is 0 Å². The highest BCUT2D eigenvalue weighted by atomic mass is 16.1. The van der Waals surface area contributed by atoms with Crippen molar-refractivity contribution in [3.8, 4) is 0 Å². The summed E-state index contributed by atoms with van der Waals surface area (Å²) in [7, 11) is 1.87. The monoisotopic (exact) mass is 268 g/mol. The maximum atomic E-state index is 12.0. The number of aromatic nitrogens is 3. The molecule has 3 aromatic rings. The van der Waals surface area contributed by atoms with Crippen molar-refractivity contribution in [3.05, 3.63) is 58.5 Å². The molecule has 0 bridgehead atoms. The predicted octanol–water partition coefficient (Wildman–Crippen LogP) is 2.43. The Labute approximate surface area is 116 Å². The molecule has 2 heterocycles. The Morgan fingerprint density at radius 3 is 2.75 bits per heavy atom. The van der Waals surface area contributed by atoms with Gasteiger partial charge in [0.25, 0.3) is 5.56 Å². The lowest BCUT2D eigenvalue weighted by Crippen LogP contribution is -2.15. The number of aromatic amines is 1. The fraction of sp³-hybridized carbons (Fsp3) is 0.200. The summed E-state index contributed by atoms with van der Waals surface area (Å²) in [5.74, 6) is 0.487. The summed E-state index contributed by atoms with van der Waals surface area (Å²) < 4.78 is 1.84. The molecule has 0 fully saturated rings. The molecule has 0 saturated heterocycles. The van der Waals surface area contributed by atoms with Gasteiger partial charge in [0.05, 0.1) is 11.4 Å². The van der Waals surface area contributed by atoms with E-state index in [4.69, 9.17) is 0 Å². The number of nitrogens with one attached hydrogen (secondary N) is 2. The SMILES string of the molecule is CC(Nc1nc2c(ccn2C)c(=O)[nH]1)c1ccccc1. The maximum absolute atomic E-state index is 12.0. The molecule has 0 spiro atoms. The van der Waals surface area contributed by atoms with Crippen molar-refractivity contribution >= 4 is 17.0 Å². The molecule has 1 aromatic carbocycles. The van der Waals surface area contributed by atoms with Gasteiger partial charge in [0, 0.05) is 13.2 Å². The number of aryl methyl sites for hydroxylation is 1. The average Bonchev–Trinajstić information content (AvgIpc) is 2.82. The summed E-state index contributed by atoms with van der Waals surface area (Å²) in [4.78, 5) is 19.2. The molecule has 20 heavy (non-hydrogen) atoms. The highest BCUT2D eigenvalue weighted by Gasteiger charge is 2.10. The molecular formula is C15H16N4O. The first-order chi connectivity index (χ1) is 9.65. The van der Waals surface area contributed by atoms with Gasteiger partial charge in [-0.1, -0.05) is 30.3 Å². The zero-order valence-electron chi connectivity index (χ0n) is 11.4. The van der Waals surface area contributed by atoms with Crippen LogP contribution in [0.1, 0.15) is 18.5 Å². The minimum Gasteiger partial charge on any atom is -0.349 e. The largest absolute Gasteiger partial charge is 0.349 e. The third-order valence-electron chi connectivity index (χ3n) is 3.39. The van der Waals surface area contributed by atoms with E-state index in [1.807, 2.05) is 55.1 Å². The van der Waals surface area contributed by atoms with E-state index in [2.05, 4.69) is 15.3 Å². The highest BCUT2D eigenvalue weighted by Crippen LogP contribution is 2.17. The van der Waals surface area contributed by atoms with Crippen LogP contribution in [0.5, 0.6) is 0 Å². The maximum Gasteiger partial charge on any atom is 0.261 e. The van der Waals surface area contributed by atoms with Crippen LogP contribution in [0, 0.1) is 0 Å². The topological polar surface area (TPSA) is 62.7 Å². The first-order valence-corrected chi connectivity index (χ1v) is 6.52. The van der Waals surface area contributed by atoms with Crippen molar-refractivity contribution in [1.29, 1.82) is 0 Å². The van der Waals surface area contributed by atoms with E-state index in [1.165, 1.54) is 0 Å². The van der Waals surface area contributed by atoms with Gasteiger partial charge in [-0.3, -0.25) is 9.78 Å². The fourth-order valence-corrected chi connectivity index (χ4v) is 2.25. The minimum atomic E-state index is -0.127. The van der Waals surface area contributed by atoms with E-state index in [1.54, 1.807) is 6.07 Å². The molecule has 0 saturated carbocycles. The molecule has 5 heteroatoms. The van der Waals surface area contributed by atoms with E-state index in [-0.39, 0.29) is 11.6 Å². The van der Waals surface area contributed by atoms with Crippen molar-refractivity contribution in [1.82, 2.24) is 14.5 Å². The van der Waals surface area contributed by atoms with Crippen LogP contribution < -0.4 is 10.9 Å². The third-order valence-corrected chi connectivity index (χ3v) is 3.39. The van der Waals surface area contributed by atoms with Crippen LogP contribution in [-0.2, 0) is 7.05 Å². The van der Waals surface area contributed by atoms with Crippen LogP contribution >= 0.6 is 0 Å². The molecule has 0 amide bonds. The van der Waals surface area contributed by atoms with Gasteiger partial charge in [-0.2, -0.15) is 4.98 Å². The highest BCUT2D eigenvalue weighted by molar-refractivity contribution is 5.75. The zero-order chi connectivity index (χ0) is 14.1. The van der Waals surface area contributed by atoms with Crippen LogP contribution in [0.4, 0.5) is 5.95 Å². The Morgan fingerprint density at radius 1 is 1.25 bits per heavy atom. The smallest absolute Gasteiger partial charge is 0.261 e. The van der Waals surface area contributed by atoms with Crippen molar-refractivity contribution in [2.45, 2.75) is 13.0 Å². The second-order valence-electron chi connectivity index (χ2n) is 4.86. The number of anilines is 1. The fourth-order valence-electron chi connectivity index (χ4n) is 2.25. The third kappa shape index (κ3) is 2.18. The lowest BCUT2D eigenvalue weighted by Gasteiger charge is -2.14. The van der Waals surface area contributed by atoms with E-state index in [9.17, 15) is 4.79 Å². The predicted molar refractivity (Wildman–Crippen MR) is 79.8 cm³/mol. The Bertz CT molecular complexity index is 788. The van der Waals surface area contributed by atoms with Crippen LogP contribution in [0.15, 0.2) is 47.4 Å². The van der Waals surface area contributed by atoms with Gasteiger partial charge in [-0.05, 0) is 18.6 Å². The molecule has 0 radical (unpaired) electrons. The zero-order valence-corrected chi connectivity index (χ0v) is 11.4. The molecule has 0 aliphatic heterocycles. The van der Waals surface area contributed by atoms with E-state index < -0.39 is 0 Å². The van der Waals surface area contributed by atoms with E-state index in [0.29, 0.717) is 17.0 Å². The van der Waals surface area contributed by atoms with Crippen molar-refractivity contribution < 1.29 is 0 Å². The van der Waals surface area contributed by atoms with Crippen LogP contribution in [-0.4, -0.2) is 14.5 Å². The number of fused-ring (bicyclic) bond motifs is 1. The second-order valence-corrected chi connectivity index (χ2v) is 4.86. The Morgan fingerprint density at radius 2 is 2.00 bits per heavy atom. The van der Waals surface area contributed by atoms with Crippen molar-refractivity contribution in [2.75, 3.05) is 5.32 Å². The van der Waals surface area contributed by atoms with Gasteiger partial charge in [0.2, 0.25) is 5.95 Å². The molecule has 3 rings (SSSR count). The Kier molecular flexibility index (Phi) is 3.02. The van der Waals surface area contributed by atoms with Crippen LogP contribution in [0.2, 0.25) is 0 Å². The molecule has 0 aliphatic carbocycles. The summed E-state index contributed by atoms with van der Waals surface area (Å²) in [5, 5.41) is 3.83. The van der Waals surface area contributed by atoms with Crippen molar-refractivity contribution in [3.63, 3.8) is 0 Å². The lowest BCUT2D eigenvalue weighted by atomic mass is 10.1. The van der Waals surface area contributed by atoms with Crippen LogP contribution in [0.3, 0.4) is 0 Å². The van der Waals surface area contributed by atoms with E-state index >= 15 is 0 Å². The first kappa shape index (κ1) is 12.5. The Balaban J connectivity index is 1.95. The van der Waals surface area contributed by atoms with Gasteiger partial charge in [0.1, 0.15) is 5.65 Å². The van der Waals surface area contributed by atoms with Gasteiger partial charge in [-0.15, -0.1) is 0 Å². The minimum absolute atomic E-state index is 0.0667. The molecular weight excluding hydrogens is 252 g/mol. The van der Waals surface area contributed by atoms with Crippen LogP contribution in [0.25, 0.3) is 11.0 Å². The first-order valence-electron chi connectivity index (χ1n) is 6.52.